The molecule has 0 spiro atoms. The number of aryl methyl sites for hydroxylation is 3. The van der Waals surface area contributed by atoms with E-state index in [0.717, 1.165) is 27.9 Å². The van der Waals surface area contributed by atoms with Crippen LogP contribution >= 0.6 is 0 Å². The molecule has 20 heavy (non-hydrogen) atoms. The number of anilines is 2. The second-order valence-corrected chi connectivity index (χ2v) is 5.18. The third kappa shape index (κ3) is 2.57. The van der Waals surface area contributed by atoms with Crippen molar-refractivity contribution in [2.75, 3.05) is 18.1 Å². The molecule has 0 fully saturated rings. The van der Waals surface area contributed by atoms with Crippen molar-refractivity contribution in [2.45, 2.75) is 27.7 Å². The lowest BCUT2D eigenvalue weighted by molar-refractivity contribution is 0.342. The Hall–Kier alpha value is -2.16. The van der Waals surface area contributed by atoms with Gasteiger partial charge in [-0.3, -0.25) is 0 Å². The van der Waals surface area contributed by atoms with Gasteiger partial charge in [0, 0.05) is 11.3 Å². The molecule has 3 heteroatoms. The summed E-state index contributed by atoms with van der Waals surface area (Å²) in [6, 6.07) is 8.13. The smallest absolute Gasteiger partial charge is 0.142 e. The molecule has 0 aliphatic rings. The zero-order chi connectivity index (χ0) is 14.9. The molecule has 3 nitrogen and oxygen atoms in total. The van der Waals surface area contributed by atoms with Crippen LogP contribution in [0.15, 0.2) is 24.3 Å². The van der Waals surface area contributed by atoms with Crippen LogP contribution in [0.5, 0.6) is 5.75 Å². The average Bonchev–Trinajstić information content (AvgIpc) is 2.37. The van der Waals surface area contributed by atoms with E-state index in [1.807, 2.05) is 32.9 Å². The van der Waals surface area contributed by atoms with Gasteiger partial charge in [-0.05, 0) is 62.6 Å². The Bertz CT molecular complexity index is 648. The van der Waals surface area contributed by atoms with Crippen molar-refractivity contribution in [3.05, 3.63) is 41.0 Å². The Balaban J connectivity index is 2.66. The van der Waals surface area contributed by atoms with Crippen LogP contribution in [0.3, 0.4) is 0 Å². The maximum absolute atomic E-state index is 6.24. The molecule has 4 N–H and O–H groups in total. The number of benzene rings is 2. The number of ether oxygens (including phenoxy) is 1. The fourth-order valence-corrected chi connectivity index (χ4v) is 2.48. The molecule has 0 aromatic heterocycles. The number of nitrogens with two attached hydrogens (primary N) is 2. The van der Waals surface area contributed by atoms with E-state index in [2.05, 4.69) is 19.1 Å². The maximum Gasteiger partial charge on any atom is 0.142 e. The molecule has 0 radical (unpaired) electrons. The normalized spacial score (nSPS) is 10.6. The minimum absolute atomic E-state index is 0.592. The minimum Gasteiger partial charge on any atom is -0.492 e. The molecule has 0 atom stereocenters. The predicted molar refractivity (Wildman–Crippen MR) is 86.1 cm³/mol. The van der Waals surface area contributed by atoms with Gasteiger partial charge in [0.2, 0.25) is 0 Å². The highest BCUT2D eigenvalue weighted by atomic mass is 16.5. The summed E-state index contributed by atoms with van der Waals surface area (Å²) < 4.78 is 5.59. The maximum atomic E-state index is 6.24. The Morgan fingerprint density at radius 2 is 1.60 bits per heavy atom. The van der Waals surface area contributed by atoms with E-state index in [1.165, 1.54) is 5.56 Å². The van der Waals surface area contributed by atoms with Crippen molar-refractivity contribution in [3.8, 4) is 16.9 Å². The van der Waals surface area contributed by atoms with Crippen molar-refractivity contribution < 1.29 is 4.74 Å². The Morgan fingerprint density at radius 3 is 2.25 bits per heavy atom. The van der Waals surface area contributed by atoms with Gasteiger partial charge in [0.05, 0.1) is 12.3 Å². The van der Waals surface area contributed by atoms with E-state index in [9.17, 15) is 0 Å². The molecule has 0 bridgehead atoms. The number of nitrogen functional groups attached to an aromatic ring is 2. The highest BCUT2D eigenvalue weighted by Gasteiger charge is 2.12. The van der Waals surface area contributed by atoms with E-state index in [-0.39, 0.29) is 0 Å². The summed E-state index contributed by atoms with van der Waals surface area (Å²) in [4.78, 5) is 0. The zero-order valence-electron chi connectivity index (χ0n) is 12.6. The SMILES string of the molecule is CCOc1cc(-c2cc(C)cc(C)c2N)c(C)cc1N. The van der Waals surface area contributed by atoms with Gasteiger partial charge in [-0.25, -0.2) is 0 Å². The molecular weight excluding hydrogens is 248 g/mol. The van der Waals surface area contributed by atoms with Gasteiger partial charge in [-0.1, -0.05) is 11.6 Å². The molecule has 2 rings (SSSR count). The standard InChI is InChI=1S/C17H22N2O/c1-5-20-16-9-13(11(3)8-15(16)18)14-7-10(2)6-12(4)17(14)19/h6-9H,5,18-19H2,1-4H3. The lowest BCUT2D eigenvalue weighted by Gasteiger charge is -2.16. The second-order valence-electron chi connectivity index (χ2n) is 5.18. The summed E-state index contributed by atoms with van der Waals surface area (Å²) in [5.41, 5.74) is 19.2. The summed E-state index contributed by atoms with van der Waals surface area (Å²) in [7, 11) is 0. The number of hydrogen-bond acceptors (Lipinski definition) is 3. The molecule has 0 saturated carbocycles. The third-order valence-electron chi connectivity index (χ3n) is 3.48. The van der Waals surface area contributed by atoms with Gasteiger partial charge < -0.3 is 16.2 Å². The van der Waals surface area contributed by atoms with Crippen LogP contribution in [0, 0.1) is 20.8 Å². The summed E-state index contributed by atoms with van der Waals surface area (Å²) in [6.07, 6.45) is 0. The molecule has 0 saturated heterocycles. The Labute approximate surface area is 120 Å². The van der Waals surface area contributed by atoms with Crippen molar-refractivity contribution in [1.82, 2.24) is 0 Å². The van der Waals surface area contributed by atoms with Gasteiger partial charge in [-0.15, -0.1) is 0 Å². The largest absolute Gasteiger partial charge is 0.492 e. The summed E-state index contributed by atoms with van der Waals surface area (Å²) >= 11 is 0. The van der Waals surface area contributed by atoms with Gasteiger partial charge in [0.15, 0.2) is 0 Å². The highest BCUT2D eigenvalue weighted by molar-refractivity contribution is 5.83. The number of rotatable bonds is 3. The fourth-order valence-electron chi connectivity index (χ4n) is 2.48. The summed E-state index contributed by atoms with van der Waals surface area (Å²) in [5.74, 6) is 0.714. The molecule has 106 valence electrons. The van der Waals surface area contributed by atoms with E-state index in [1.54, 1.807) is 0 Å². The average molecular weight is 270 g/mol. The lowest BCUT2D eigenvalue weighted by atomic mass is 9.94. The van der Waals surface area contributed by atoms with Crippen molar-refractivity contribution in [1.29, 1.82) is 0 Å². The molecule has 0 unspecified atom stereocenters. The summed E-state index contributed by atoms with van der Waals surface area (Å²) in [5, 5.41) is 0. The first-order chi connectivity index (χ1) is 9.43. The van der Waals surface area contributed by atoms with Crippen molar-refractivity contribution >= 4 is 11.4 Å². The Morgan fingerprint density at radius 1 is 0.900 bits per heavy atom. The third-order valence-corrected chi connectivity index (χ3v) is 3.48. The first kappa shape index (κ1) is 14.3. The predicted octanol–water partition coefficient (Wildman–Crippen LogP) is 3.84. The van der Waals surface area contributed by atoms with Gasteiger partial charge in [-0.2, -0.15) is 0 Å². The zero-order valence-corrected chi connectivity index (χ0v) is 12.6. The van der Waals surface area contributed by atoms with Crippen LogP contribution in [0.2, 0.25) is 0 Å². The lowest BCUT2D eigenvalue weighted by Crippen LogP contribution is -2.00. The molecule has 2 aromatic carbocycles. The number of hydrogen-bond donors (Lipinski definition) is 2. The van der Waals surface area contributed by atoms with Crippen LogP contribution in [-0.2, 0) is 0 Å². The van der Waals surface area contributed by atoms with Gasteiger partial charge in [0.25, 0.3) is 0 Å². The van der Waals surface area contributed by atoms with Crippen LogP contribution < -0.4 is 16.2 Å². The second kappa shape index (κ2) is 5.45. The quantitative estimate of drug-likeness (QED) is 0.833. The van der Waals surface area contributed by atoms with Crippen LogP contribution in [-0.4, -0.2) is 6.61 Å². The topological polar surface area (TPSA) is 61.3 Å². The van der Waals surface area contributed by atoms with Crippen molar-refractivity contribution in [2.24, 2.45) is 0 Å². The van der Waals surface area contributed by atoms with E-state index in [4.69, 9.17) is 16.2 Å². The first-order valence-electron chi connectivity index (χ1n) is 6.84. The highest BCUT2D eigenvalue weighted by Crippen LogP contribution is 2.36. The van der Waals surface area contributed by atoms with Crippen LogP contribution in [0.25, 0.3) is 11.1 Å². The minimum atomic E-state index is 0.592. The fraction of sp³-hybridized carbons (Fsp3) is 0.294. The van der Waals surface area contributed by atoms with Gasteiger partial charge >= 0.3 is 0 Å². The molecule has 0 aliphatic carbocycles. The molecule has 0 amide bonds. The first-order valence-corrected chi connectivity index (χ1v) is 6.84. The molecule has 0 aliphatic heterocycles. The van der Waals surface area contributed by atoms with E-state index < -0.39 is 0 Å². The monoisotopic (exact) mass is 270 g/mol. The summed E-state index contributed by atoms with van der Waals surface area (Å²) in [6.45, 7) is 8.69. The van der Waals surface area contributed by atoms with Gasteiger partial charge in [0.1, 0.15) is 5.75 Å². The van der Waals surface area contributed by atoms with E-state index in [0.29, 0.717) is 18.0 Å². The van der Waals surface area contributed by atoms with E-state index >= 15 is 0 Å². The molecule has 0 heterocycles. The molecular formula is C17H22N2O. The van der Waals surface area contributed by atoms with Crippen molar-refractivity contribution in [3.63, 3.8) is 0 Å². The molecule has 2 aromatic rings. The van der Waals surface area contributed by atoms with Crippen LogP contribution in [0.4, 0.5) is 11.4 Å². The Kier molecular flexibility index (Phi) is 3.89. The van der Waals surface area contributed by atoms with Crippen LogP contribution in [0.1, 0.15) is 23.6 Å².